The molecule has 0 radical (unpaired) electrons. The SMILES string of the molecule is COCCc1nnc(Br)o1. The molecule has 0 fully saturated rings. The van der Waals surface area contributed by atoms with Crippen LogP contribution in [0.4, 0.5) is 0 Å². The van der Waals surface area contributed by atoms with Crippen molar-refractivity contribution in [2.24, 2.45) is 0 Å². The van der Waals surface area contributed by atoms with Gasteiger partial charge < -0.3 is 9.15 Å². The minimum Gasteiger partial charge on any atom is -0.416 e. The molecule has 5 heteroatoms. The van der Waals surface area contributed by atoms with Gasteiger partial charge in [0.25, 0.3) is 4.80 Å². The van der Waals surface area contributed by atoms with E-state index in [9.17, 15) is 0 Å². The van der Waals surface area contributed by atoms with Crippen molar-refractivity contribution >= 4 is 15.9 Å². The molecular formula is C5H7BrN2O2. The summed E-state index contributed by atoms with van der Waals surface area (Å²) < 4.78 is 9.81. The van der Waals surface area contributed by atoms with Crippen molar-refractivity contribution in [1.82, 2.24) is 10.2 Å². The van der Waals surface area contributed by atoms with E-state index >= 15 is 0 Å². The third-order valence-electron chi connectivity index (χ3n) is 0.962. The first-order valence-electron chi connectivity index (χ1n) is 2.79. The van der Waals surface area contributed by atoms with Crippen molar-refractivity contribution in [3.63, 3.8) is 0 Å². The number of halogens is 1. The highest BCUT2D eigenvalue weighted by Crippen LogP contribution is 2.06. The molecule has 0 unspecified atom stereocenters. The van der Waals surface area contributed by atoms with Gasteiger partial charge in [0.15, 0.2) is 0 Å². The Bertz CT molecular complexity index is 201. The van der Waals surface area contributed by atoms with Crippen LogP contribution < -0.4 is 0 Å². The maximum Gasteiger partial charge on any atom is 0.284 e. The van der Waals surface area contributed by atoms with Gasteiger partial charge in [-0.15, -0.1) is 10.2 Å². The van der Waals surface area contributed by atoms with Gasteiger partial charge in [0, 0.05) is 29.5 Å². The Labute approximate surface area is 66.7 Å². The summed E-state index contributed by atoms with van der Waals surface area (Å²) in [6, 6.07) is 0. The van der Waals surface area contributed by atoms with E-state index < -0.39 is 0 Å². The molecule has 0 spiro atoms. The van der Waals surface area contributed by atoms with Gasteiger partial charge in [0.2, 0.25) is 5.89 Å². The predicted molar refractivity (Wildman–Crippen MR) is 37.6 cm³/mol. The summed E-state index contributed by atoms with van der Waals surface area (Å²) in [7, 11) is 1.63. The molecule has 1 aromatic heterocycles. The molecule has 1 aromatic rings. The van der Waals surface area contributed by atoms with E-state index in [0.29, 0.717) is 23.7 Å². The first-order chi connectivity index (χ1) is 4.83. The fraction of sp³-hybridized carbons (Fsp3) is 0.600. The van der Waals surface area contributed by atoms with Gasteiger partial charge in [-0.2, -0.15) is 0 Å². The third kappa shape index (κ3) is 2.07. The van der Waals surface area contributed by atoms with Crippen molar-refractivity contribution in [3.8, 4) is 0 Å². The number of hydrogen-bond donors (Lipinski definition) is 0. The summed E-state index contributed by atoms with van der Waals surface area (Å²) in [6.45, 7) is 0.606. The number of aromatic nitrogens is 2. The molecule has 1 rings (SSSR count). The molecule has 0 atom stereocenters. The Morgan fingerprint density at radius 3 is 2.90 bits per heavy atom. The topological polar surface area (TPSA) is 48.2 Å². The van der Waals surface area contributed by atoms with Gasteiger partial charge in [-0.3, -0.25) is 0 Å². The monoisotopic (exact) mass is 206 g/mol. The van der Waals surface area contributed by atoms with E-state index in [2.05, 4.69) is 26.1 Å². The lowest BCUT2D eigenvalue weighted by Crippen LogP contribution is -1.93. The van der Waals surface area contributed by atoms with E-state index in [1.54, 1.807) is 7.11 Å². The fourth-order valence-corrected chi connectivity index (χ4v) is 0.790. The molecule has 0 amide bonds. The maximum atomic E-state index is 5.00. The molecule has 4 nitrogen and oxygen atoms in total. The van der Waals surface area contributed by atoms with Gasteiger partial charge in [0.05, 0.1) is 6.61 Å². The van der Waals surface area contributed by atoms with E-state index in [0.717, 1.165) is 0 Å². The zero-order chi connectivity index (χ0) is 7.40. The quantitative estimate of drug-likeness (QED) is 0.742. The molecule has 0 aliphatic heterocycles. The van der Waals surface area contributed by atoms with Crippen LogP contribution in [-0.2, 0) is 11.2 Å². The molecule has 0 bridgehead atoms. The second-order valence-corrected chi connectivity index (χ2v) is 2.37. The Kier molecular flexibility index (Phi) is 2.82. The fourth-order valence-electron chi connectivity index (χ4n) is 0.524. The highest BCUT2D eigenvalue weighted by Gasteiger charge is 2.00. The zero-order valence-electron chi connectivity index (χ0n) is 5.50. The van der Waals surface area contributed by atoms with Crippen LogP contribution in [0.2, 0.25) is 0 Å². The standard InChI is InChI=1S/C5H7BrN2O2/c1-9-3-2-4-7-8-5(6)10-4/h2-3H2,1H3. The number of methoxy groups -OCH3 is 1. The maximum absolute atomic E-state index is 5.00. The first-order valence-corrected chi connectivity index (χ1v) is 3.59. The first kappa shape index (κ1) is 7.68. The molecule has 0 saturated heterocycles. The van der Waals surface area contributed by atoms with E-state index in [1.807, 2.05) is 0 Å². The smallest absolute Gasteiger partial charge is 0.284 e. The molecule has 0 N–H and O–H groups in total. The number of ether oxygens (including phenoxy) is 1. The average Bonchev–Trinajstić information content (AvgIpc) is 2.31. The summed E-state index contributed by atoms with van der Waals surface area (Å²) in [4.78, 5) is 0.415. The lowest BCUT2D eigenvalue weighted by molar-refractivity contribution is 0.194. The average molecular weight is 207 g/mol. The third-order valence-corrected chi connectivity index (χ3v) is 1.28. The molecule has 56 valence electrons. The Morgan fingerprint density at radius 2 is 2.40 bits per heavy atom. The molecule has 1 heterocycles. The summed E-state index contributed by atoms with van der Waals surface area (Å²) in [5, 5.41) is 7.32. The summed E-state index contributed by atoms with van der Waals surface area (Å²) in [6.07, 6.45) is 0.662. The Morgan fingerprint density at radius 1 is 1.60 bits per heavy atom. The van der Waals surface area contributed by atoms with Gasteiger partial charge in [0.1, 0.15) is 0 Å². The largest absolute Gasteiger partial charge is 0.416 e. The van der Waals surface area contributed by atoms with Crippen LogP contribution in [0.25, 0.3) is 0 Å². The number of nitrogens with zero attached hydrogens (tertiary/aromatic N) is 2. The highest BCUT2D eigenvalue weighted by atomic mass is 79.9. The summed E-state index contributed by atoms with van der Waals surface area (Å²) in [5.41, 5.74) is 0. The molecule has 0 aliphatic rings. The van der Waals surface area contributed by atoms with Gasteiger partial charge in [-0.05, 0) is 0 Å². The normalized spacial score (nSPS) is 10.2. The molecule has 0 aromatic carbocycles. The van der Waals surface area contributed by atoms with E-state index in [-0.39, 0.29) is 0 Å². The molecular weight excluding hydrogens is 200 g/mol. The Hall–Kier alpha value is -0.420. The van der Waals surface area contributed by atoms with Crippen LogP contribution in [0.3, 0.4) is 0 Å². The highest BCUT2D eigenvalue weighted by molar-refractivity contribution is 9.10. The number of hydrogen-bond acceptors (Lipinski definition) is 4. The summed E-state index contributed by atoms with van der Waals surface area (Å²) >= 11 is 3.04. The number of rotatable bonds is 3. The van der Waals surface area contributed by atoms with Gasteiger partial charge >= 0.3 is 0 Å². The second kappa shape index (κ2) is 3.68. The van der Waals surface area contributed by atoms with Crippen LogP contribution >= 0.6 is 15.9 Å². The van der Waals surface area contributed by atoms with Gasteiger partial charge in [-0.1, -0.05) is 0 Å². The second-order valence-electron chi connectivity index (χ2n) is 1.69. The Balaban J connectivity index is 2.42. The molecule has 0 aliphatic carbocycles. The van der Waals surface area contributed by atoms with Crippen LogP contribution in [0, 0.1) is 0 Å². The lowest BCUT2D eigenvalue weighted by atomic mass is 10.5. The molecule has 10 heavy (non-hydrogen) atoms. The van der Waals surface area contributed by atoms with E-state index in [4.69, 9.17) is 9.15 Å². The van der Waals surface area contributed by atoms with Gasteiger partial charge in [-0.25, -0.2) is 0 Å². The van der Waals surface area contributed by atoms with Crippen molar-refractivity contribution in [2.45, 2.75) is 6.42 Å². The minimum atomic E-state index is 0.415. The van der Waals surface area contributed by atoms with Crippen LogP contribution in [0.1, 0.15) is 5.89 Å². The van der Waals surface area contributed by atoms with Crippen molar-refractivity contribution in [2.75, 3.05) is 13.7 Å². The predicted octanol–water partition coefficient (Wildman–Crippen LogP) is 1.02. The van der Waals surface area contributed by atoms with Crippen molar-refractivity contribution < 1.29 is 9.15 Å². The molecule has 0 saturated carbocycles. The van der Waals surface area contributed by atoms with Crippen LogP contribution in [0.5, 0.6) is 0 Å². The minimum absolute atomic E-state index is 0.415. The lowest BCUT2D eigenvalue weighted by Gasteiger charge is -1.90. The van der Waals surface area contributed by atoms with Crippen molar-refractivity contribution in [3.05, 3.63) is 10.7 Å². The van der Waals surface area contributed by atoms with Crippen LogP contribution in [-0.4, -0.2) is 23.9 Å². The zero-order valence-corrected chi connectivity index (χ0v) is 7.09. The van der Waals surface area contributed by atoms with Crippen molar-refractivity contribution in [1.29, 1.82) is 0 Å². The van der Waals surface area contributed by atoms with Crippen LogP contribution in [0.15, 0.2) is 9.22 Å². The van der Waals surface area contributed by atoms with E-state index in [1.165, 1.54) is 0 Å². The summed E-state index contributed by atoms with van der Waals surface area (Å²) in [5.74, 6) is 0.591.